The molecule has 0 unspecified atom stereocenters. The van der Waals surface area contributed by atoms with Gasteiger partial charge < -0.3 is 17.7 Å². The minimum absolute atomic E-state index is 0. The minimum atomic E-state index is -1.91. The standard InChI is InChI=1S/2C23H43O2Si3.2C6H15P.Pt/c2*1-15-20(18-24-27(11,12)22(2,3)4)21(16-17-26(8,9)10)19-25-28(13,14)23(5,6)7;2*1-4-7(5-2)6-3;/h2*18-19H2,2-14H3;2*4-6H2,1-3H3;/p+2/b2*21-20+;;;. The third-order valence-electron chi connectivity index (χ3n) is 14.6. The van der Waals surface area contributed by atoms with Gasteiger partial charge in [0.25, 0.3) is 0 Å². The van der Waals surface area contributed by atoms with Gasteiger partial charge in [0.1, 0.15) is 16.1 Å². The number of hydrogen-bond acceptors (Lipinski definition) is 2. The average Bonchev–Trinajstić information content (AvgIpc) is 3.19. The van der Waals surface area contributed by atoms with Crippen molar-refractivity contribution in [1.82, 2.24) is 0 Å². The molecule has 0 fully saturated rings. The first-order chi connectivity index (χ1) is 31.2. The summed E-state index contributed by atoms with van der Waals surface area (Å²) in [6, 6.07) is 0. The largest absolute Gasteiger partial charge is 0.526 e. The fourth-order valence-corrected chi connectivity index (χ4v) is 12.3. The Morgan fingerprint density at radius 2 is 0.662 bits per heavy atom. The van der Waals surface area contributed by atoms with Crippen molar-refractivity contribution >= 4 is 65.3 Å². The molecule has 416 valence electrons. The molecule has 0 aromatic heterocycles. The van der Waals surface area contributed by atoms with E-state index in [9.17, 15) is 0 Å². The van der Waals surface area contributed by atoms with Crippen molar-refractivity contribution in [3.8, 4) is 34.8 Å². The smallest absolute Gasteiger partial charge is 0.384 e. The molecule has 0 aromatic rings. The molecule has 0 saturated heterocycles. The van der Waals surface area contributed by atoms with Crippen molar-refractivity contribution in [2.45, 2.75) is 236 Å². The Kier molecular flexibility index (Phi) is 39.6. The summed E-state index contributed by atoms with van der Waals surface area (Å²) in [4.78, 5) is 0. The maximum atomic E-state index is 7.91. The molecule has 2 radical (unpaired) electrons. The topological polar surface area (TPSA) is 44.1 Å². The van der Waals surface area contributed by atoms with Crippen LogP contribution in [0.3, 0.4) is 0 Å². The van der Waals surface area contributed by atoms with Crippen molar-refractivity contribution in [3.63, 3.8) is 0 Å². The van der Waals surface area contributed by atoms with E-state index >= 15 is 0 Å². The molecule has 0 atom stereocenters. The van der Waals surface area contributed by atoms with Gasteiger partial charge in [-0.05, 0) is 92.0 Å². The molecule has 0 aromatic carbocycles. The van der Waals surface area contributed by atoms with Crippen LogP contribution in [-0.2, 0) is 29.9 Å². The van der Waals surface area contributed by atoms with Crippen LogP contribution in [0.4, 0.5) is 0 Å². The van der Waals surface area contributed by atoms with Crippen molar-refractivity contribution in [1.29, 1.82) is 0 Å². The van der Waals surface area contributed by atoms with Gasteiger partial charge in [-0.15, -0.1) is 26.9 Å². The zero-order chi connectivity index (χ0) is 56.6. The van der Waals surface area contributed by atoms with E-state index in [1.165, 1.54) is 37.0 Å². The van der Waals surface area contributed by atoms with Gasteiger partial charge in [0.15, 0.2) is 29.8 Å². The molecule has 0 saturated carbocycles. The number of rotatable bonds is 18. The normalized spacial score (nSPS) is 13.6. The summed E-state index contributed by atoms with van der Waals surface area (Å²) in [5, 5.41) is 0.651. The van der Waals surface area contributed by atoms with E-state index in [-0.39, 0.29) is 41.2 Å². The van der Waals surface area contributed by atoms with Crippen molar-refractivity contribution in [3.05, 3.63) is 35.1 Å². The second-order valence-electron chi connectivity index (χ2n) is 26.8. The molecule has 0 aliphatic rings. The molecule has 13 heteroatoms. The SMILES string of the molecule is CCP(CC)CC.CCP(CC)CC.[C]#C/C(CO[Si](C)(C)C(C)(C)C)=C(/C#C[Si](C)(C)C)CO[Si](C)(C)C(C)(C)C.[C]#C/C(C[OH+][Si](C)(C)C(C)(C)C)=C(/C#C[Si](C)(C)C)C[OH+][Si](C)(C)C(C)(C)C.[Pt]. The summed E-state index contributed by atoms with van der Waals surface area (Å²) in [7, 11) is -9.52. The number of aliphatic hydroxyl groups is 2. The monoisotopic (exact) mass is 1300 g/mol. The first kappa shape index (κ1) is 80.3. The fourth-order valence-electron chi connectivity index (χ4n) is 4.65. The summed E-state index contributed by atoms with van der Waals surface area (Å²) in [5.74, 6) is 12.0. The first-order valence-electron chi connectivity index (χ1n) is 26.6. The Morgan fingerprint density at radius 1 is 0.408 bits per heavy atom. The Morgan fingerprint density at radius 3 is 0.873 bits per heavy atom. The van der Waals surface area contributed by atoms with Crippen LogP contribution < -0.4 is 0 Å². The van der Waals surface area contributed by atoms with Gasteiger partial charge in [0.05, 0.1) is 24.4 Å². The molecule has 4 nitrogen and oxygen atoms in total. The predicted octanol–water partition coefficient (Wildman–Crippen LogP) is 17.7. The second kappa shape index (κ2) is 35.0. The molecule has 0 aliphatic carbocycles. The maximum absolute atomic E-state index is 7.91. The Bertz CT molecular complexity index is 1640. The average molecular weight is 1310 g/mol. The molecule has 0 rings (SSSR count). The predicted molar refractivity (Wildman–Crippen MR) is 343 cm³/mol. The van der Waals surface area contributed by atoms with Crippen LogP contribution in [0.1, 0.15) is 125 Å². The van der Waals surface area contributed by atoms with Crippen LogP contribution in [0.25, 0.3) is 0 Å². The van der Waals surface area contributed by atoms with E-state index in [2.05, 4.69) is 251 Å². The molecule has 0 heterocycles. The van der Waals surface area contributed by atoms with Gasteiger partial charge in [-0.3, -0.25) is 0 Å². The Hall–Kier alpha value is 0.410. The van der Waals surface area contributed by atoms with Crippen molar-refractivity contribution < 1.29 is 38.8 Å². The van der Waals surface area contributed by atoms with Crippen LogP contribution in [0, 0.1) is 47.6 Å². The molecule has 0 bridgehead atoms. The third-order valence-corrected chi connectivity index (χ3v) is 39.9. The molecule has 0 amide bonds. The summed E-state index contributed by atoms with van der Waals surface area (Å²) in [5.41, 5.74) is 10.3. The van der Waals surface area contributed by atoms with E-state index < -0.39 is 49.4 Å². The fraction of sp³-hybridized carbons (Fsp3) is 0.793. The van der Waals surface area contributed by atoms with Crippen LogP contribution >= 0.6 is 15.8 Å². The molecular weight excluding hydrogens is 1190 g/mol. The summed E-state index contributed by atoms with van der Waals surface area (Å²) >= 11 is 0. The zero-order valence-corrected chi connectivity index (χ0v) is 63.1. The molecule has 0 spiro atoms. The third kappa shape index (κ3) is 35.5. The van der Waals surface area contributed by atoms with Gasteiger partial charge in [-0.1, -0.05) is 182 Å². The summed E-state index contributed by atoms with van der Waals surface area (Å²) in [6.45, 7) is 74.3. The zero-order valence-electron chi connectivity index (χ0n) is 53.0. The van der Waals surface area contributed by atoms with Crippen LogP contribution in [-0.4, -0.2) is 122 Å². The Labute approximate surface area is 470 Å². The van der Waals surface area contributed by atoms with E-state index in [0.717, 1.165) is 22.3 Å². The van der Waals surface area contributed by atoms with Crippen LogP contribution in [0.2, 0.25) is 112 Å². The van der Waals surface area contributed by atoms with E-state index in [4.69, 9.17) is 30.6 Å². The second-order valence-corrected chi connectivity index (χ2v) is 62.2. The van der Waals surface area contributed by atoms with Gasteiger partial charge in [-0.25, -0.2) is 0 Å². The summed E-state index contributed by atoms with van der Waals surface area (Å²) in [6.07, 6.45) is 24.3. The quantitative estimate of drug-likeness (QED) is 0.0594. The van der Waals surface area contributed by atoms with Gasteiger partial charge >= 0.3 is 16.6 Å². The summed E-state index contributed by atoms with van der Waals surface area (Å²) < 4.78 is 23.0. The Balaban J connectivity index is -0.000000318. The number of hydrogen-bond donors (Lipinski definition) is 0. The first-order valence-corrected chi connectivity index (χ1v) is 49.1. The van der Waals surface area contributed by atoms with E-state index in [0.29, 0.717) is 42.3 Å². The molecule has 0 aliphatic heterocycles. The molecular formula is C58H118O4P2PtSi6+2. The van der Waals surface area contributed by atoms with Crippen molar-refractivity contribution in [2.75, 3.05) is 63.4 Å². The van der Waals surface area contributed by atoms with Crippen molar-refractivity contribution in [2.24, 2.45) is 0 Å². The minimum Gasteiger partial charge on any atom is -0.526 e. The van der Waals surface area contributed by atoms with E-state index in [1.54, 1.807) is 0 Å². The molecule has 2 N–H and O–H groups in total. The molecule has 71 heavy (non-hydrogen) atoms. The van der Waals surface area contributed by atoms with Gasteiger partial charge in [0, 0.05) is 68.5 Å². The van der Waals surface area contributed by atoms with Crippen LogP contribution in [0.15, 0.2) is 22.3 Å². The van der Waals surface area contributed by atoms with E-state index in [1.807, 2.05) is 0 Å². The van der Waals surface area contributed by atoms with Crippen LogP contribution in [0.5, 0.6) is 0 Å². The maximum Gasteiger partial charge on any atom is 0.384 e. The van der Waals surface area contributed by atoms with Gasteiger partial charge in [0.2, 0.25) is 0 Å². The van der Waals surface area contributed by atoms with Gasteiger partial charge in [-0.2, -0.15) is 0 Å².